The summed E-state index contributed by atoms with van der Waals surface area (Å²) < 4.78 is 0. The molecule has 0 radical (unpaired) electrons. The molecule has 0 aromatic heterocycles. The maximum atomic E-state index is 12.3. The topological polar surface area (TPSA) is 20.3 Å². The molecule has 19 heavy (non-hydrogen) atoms. The Balaban J connectivity index is 1.69. The molecule has 1 aliphatic heterocycles. The van der Waals surface area contributed by atoms with Crippen LogP contribution >= 0.6 is 0 Å². The van der Waals surface area contributed by atoms with Crippen molar-refractivity contribution in [1.82, 2.24) is 4.90 Å². The molecule has 1 aliphatic rings. The molecule has 0 N–H and O–H groups in total. The van der Waals surface area contributed by atoms with E-state index in [2.05, 4.69) is 29.2 Å². The highest BCUT2D eigenvalue weighted by molar-refractivity contribution is 5.97. The SMILES string of the molecule is Cc1cccc(C(=O)CN2Cc3ccccc3C2)c1. The molecule has 0 saturated heterocycles. The smallest absolute Gasteiger partial charge is 0.176 e. The third-order valence-electron chi connectivity index (χ3n) is 3.61. The van der Waals surface area contributed by atoms with E-state index in [1.54, 1.807) is 0 Å². The average molecular weight is 251 g/mol. The van der Waals surface area contributed by atoms with Crippen LogP contribution < -0.4 is 0 Å². The van der Waals surface area contributed by atoms with Crippen LogP contribution in [0.4, 0.5) is 0 Å². The van der Waals surface area contributed by atoms with E-state index in [-0.39, 0.29) is 5.78 Å². The third-order valence-corrected chi connectivity index (χ3v) is 3.61. The molecule has 0 bridgehead atoms. The van der Waals surface area contributed by atoms with E-state index in [1.807, 2.05) is 31.2 Å². The number of carbonyl (C=O) groups is 1. The van der Waals surface area contributed by atoms with Crippen molar-refractivity contribution in [2.45, 2.75) is 20.0 Å². The molecule has 3 rings (SSSR count). The van der Waals surface area contributed by atoms with Gasteiger partial charge in [0.2, 0.25) is 0 Å². The first-order valence-corrected chi connectivity index (χ1v) is 6.61. The first-order chi connectivity index (χ1) is 9.22. The molecule has 0 fully saturated rings. The van der Waals surface area contributed by atoms with Gasteiger partial charge in [0, 0.05) is 18.7 Å². The van der Waals surface area contributed by atoms with Crippen molar-refractivity contribution in [3.63, 3.8) is 0 Å². The standard InChI is InChI=1S/C17H17NO/c1-13-5-4-8-14(9-13)17(19)12-18-10-15-6-2-3-7-16(15)11-18/h2-9H,10-12H2,1H3. The highest BCUT2D eigenvalue weighted by atomic mass is 16.1. The van der Waals surface area contributed by atoms with Crippen molar-refractivity contribution in [3.05, 3.63) is 70.8 Å². The summed E-state index contributed by atoms with van der Waals surface area (Å²) in [6.45, 7) is 4.28. The highest BCUT2D eigenvalue weighted by Crippen LogP contribution is 2.22. The van der Waals surface area contributed by atoms with Gasteiger partial charge in [-0.15, -0.1) is 0 Å². The number of hydrogen-bond donors (Lipinski definition) is 0. The summed E-state index contributed by atoms with van der Waals surface area (Å²) in [7, 11) is 0. The fourth-order valence-corrected chi connectivity index (χ4v) is 2.63. The zero-order chi connectivity index (χ0) is 13.2. The van der Waals surface area contributed by atoms with Gasteiger partial charge in [0.05, 0.1) is 6.54 Å². The van der Waals surface area contributed by atoms with Crippen molar-refractivity contribution in [2.75, 3.05) is 6.54 Å². The number of nitrogens with zero attached hydrogens (tertiary/aromatic N) is 1. The Morgan fingerprint density at radius 3 is 2.37 bits per heavy atom. The van der Waals surface area contributed by atoms with Crippen LogP contribution in [-0.4, -0.2) is 17.2 Å². The van der Waals surface area contributed by atoms with Gasteiger partial charge >= 0.3 is 0 Å². The van der Waals surface area contributed by atoms with Crippen LogP contribution in [0.25, 0.3) is 0 Å². The maximum Gasteiger partial charge on any atom is 0.176 e. The Bertz CT molecular complexity index is 593. The van der Waals surface area contributed by atoms with Gasteiger partial charge in [0.15, 0.2) is 5.78 Å². The second-order valence-electron chi connectivity index (χ2n) is 5.21. The van der Waals surface area contributed by atoms with Crippen molar-refractivity contribution < 1.29 is 4.79 Å². The normalized spacial score (nSPS) is 14.4. The van der Waals surface area contributed by atoms with E-state index in [4.69, 9.17) is 0 Å². The first-order valence-electron chi connectivity index (χ1n) is 6.61. The highest BCUT2D eigenvalue weighted by Gasteiger charge is 2.20. The van der Waals surface area contributed by atoms with Crippen molar-refractivity contribution in [1.29, 1.82) is 0 Å². The molecule has 2 heteroatoms. The van der Waals surface area contributed by atoms with Crippen molar-refractivity contribution >= 4 is 5.78 Å². The Kier molecular flexibility index (Phi) is 3.18. The van der Waals surface area contributed by atoms with Gasteiger partial charge in [0.1, 0.15) is 0 Å². The molecule has 1 heterocycles. The summed E-state index contributed by atoms with van der Waals surface area (Å²) in [5.41, 5.74) is 4.64. The Hall–Kier alpha value is -1.93. The molecule has 0 unspecified atom stereocenters. The van der Waals surface area contributed by atoms with Gasteiger partial charge in [-0.05, 0) is 24.1 Å². The number of Topliss-reactive ketones (excluding diaryl/α,β-unsaturated/α-hetero) is 1. The van der Waals surface area contributed by atoms with Gasteiger partial charge in [-0.25, -0.2) is 0 Å². The number of carbonyl (C=O) groups excluding carboxylic acids is 1. The quantitative estimate of drug-likeness (QED) is 0.781. The fraction of sp³-hybridized carbons (Fsp3) is 0.235. The van der Waals surface area contributed by atoms with Crippen LogP contribution in [0.1, 0.15) is 27.0 Å². The molecule has 0 atom stereocenters. The maximum absolute atomic E-state index is 12.3. The van der Waals surface area contributed by atoms with E-state index in [0.29, 0.717) is 6.54 Å². The van der Waals surface area contributed by atoms with E-state index >= 15 is 0 Å². The lowest BCUT2D eigenvalue weighted by atomic mass is 10.1. The molecule has 0 amide bonds. The van der Waals surface area contributed by atoms with E-state index in [1.165, 1.54) is 11.1 Å². The van der Waals surface area contributed by atoms with E-state index in [9.17, 15) is 4.79 Å². The molecular formula is C17H17NO. The number of fused-ring (bicyclic) bond motifs is 1. The Morgan fingerprint density at radius 2 is 1.74 bits per heavy atom. The molecule has 0 aliphatic carbocycles. The predicted octanol–water partition coefficient (Wildman–Crippen LogP) is 3.19. The van der Waals surface area contributed by atoms with Crippen LogP contribution in [0.15, 0.2) is 48.5 Å². The lowest BCUT2D eigenvalue weighted by Crippen LogP contribution is -2.24. The number of aryl methyl sites for hydroxylation is 1. The summed E-state index contributed by atoms with van der Waals surface area (Å²) >= 11 is 0. The zero-order valence-electron chi connectivity index (χ0n) is 11.1. The predicted molar refractivity (Wildman–Crippen MR) is 76.1 cm³/mol. The van der Waals surface area contributed by atoms with Crippen LogP contribution in [0.2, 0.25) is 0 Å². The van der Waals surface area contributed by atoms with Gasteiger partial charge in [0.25, 0.3) is 0 Å². The largest absolute Gasteiger partial charge is 0.293 e. The molecule has 2 aromatic carbocycles. The minimum atomic E-state index is 0.205. The number of benzene rings is 2. The molecule has 0 spiro atoms. The summed E-state index contributed by atoms with van der Waals surface area (Å²) in [4.78, 5) is 14.5. The number of ketones is 1. The van der Waals surface area contributed by atoms with E-state index in [0.717, 1.165) is 24.2 Å². The summed E-state index contributed by atoms with van der Waals surface area (Å²) in [6.07, 6.45) is 0. The average Bonchev–Trinajstić information content (AvgIpc) is 2.80. The minimum absolute atomic E-state index is 0.205. The Morgan fingerprint density at radius 1 is 1.05 bits per heavy atom. The van der Waals surface area contributed by atoms with Crippen LogP contribution in [0.5, 0.6) is 0 Å². The van der Waals surface area contributed by atoms with Crippen molar-refractivity contribution in [3.8, 4) is 0 Å². The van der Waals surface area contributed by atoms with Gasteiger partial charge in [-0.3, -0.25) is 9.69 Å². The lowest BCUT2D eigenvalue weighted by Gasteiger charge is -2.13. The summed E-state index contributed by atoms with van der Waals surface area (Å²) in [6, 6.07) is 16.2. The second kappa shape index (κ2) is 4.98. The zero-order valence-corrected chi connectivity index (χ0v) is 11.1. The molecule has 2 aromatic rings. The van der Waals surface area contributed by atoms with Gasteiger partial charge in [-0.1, -0.05) is 48.0 Å². The van der Waals surface area contributed by atoms with Crippen LogP contribution in [0, 0.1) is 6.92 Å². The van der Waals surface area contributed by atoms with Crippen LogP contribution in [0.3, 0.4) is 0 Å². The molecule has 0 saturated carbocycles. The minimum Gasteiger partial charge on any atom is -0.293 e. The van der Waals surface area contributed by atoms with Gasteiger partial charge in [-0.2, -0.15) is 0 Å². The number of hydrogen-bond acceptors (Lipinski definition) is 2. The van der Waals surface area contributed by atoms with Gasteiger partial charge < -0.3 is 0 Å². The monoisotopic (exact) mass is 251 g/mol. The fourth-order valence-electron chi connectivity index (χ4n) is 2.63. The van der Waals surface area contributed by atoms with Crippen LogP contribution in [-0.2, 0) is 13.1 Å². The lowest BCUT2D eigenvalue weighted by molar-refractivity contribution is 0.0929. The molecule has 2 nitrogen and oxygen atoms in total. The van der Waals surface area contributed by atoms with Crippen molar-refractivity contribution in [2.24, 2.45) is 0 Å². The summed E-state index contributed by atoms with van der Waals surface area (Å²) in [5, 5.41) is 0. The second-order valence-corrected chi connectivity index (χ2v) is 5.21. The molecule has 96 valence electrons. The molecular weight excluding hydrogens is 234 g/mol. The summed E-state index contributed by atoms with van der Waals surface area (Å²) in [5.74, 6) is 0.205. The number of rotatable bonds is 3. The third kappa shape index (κ3) is 2.59. The Labute approximate surface area is 113 Å². The van der Waals surface area contributed by atoms with E-state index < -0.39 is 0 Å². The first kappa shape index (κ1) is 12.1.